The number of nitro benzene ring substituents is 1. The van der Waals surface area contributed by atoms with Crippen LogP contribution in [-0.2, 0) is 5.54 Å². The van der Waals surface area contributed by atoms with E-state index < -0.39 is 10.5 Å². The van der Waals surface area contributed by atoms with E-state index in [2.05, 4.69) is 10.1 Å². The second-order valence-corrected chi connectivity index (χ2v) is 4.90. The number of aromatic nitrogens is 2. The van der Waals surface area contributed by atoms with Crippen molar-refractivity contribution in [3.05, 3.63) is 39.7 Å². The predicted molar refractivity (Wildman–Crippen MR) is 68.3 cm³/mol. The Hall–Kier alpha value is -2.28. The molecule has 0 radical (unpaired) electrons. The lowest BCUT2D eigenvalue weighted by Crippen LogP contribution is -2.30. The quantitative estimate of drug-likeness (QED) is 0.670. The number of nitrogens with two attached hydrogens (primary N) is 1. The third-order valence-corrected chi connectivity index (χ3v) is 2.64. The molecule has 7 heteroatoms. The van der Waals surface area contributed by atoms with Gasteiger partial charge in [-0.3, -0.25) is 10.1 Å². The van der Waals surface area contributed by atoms with Crippen molar-refractivity contribution < 1.29 is 9.45 Å². The van der Waals surface area contributed by atoms with E-state index in [1.165, 1.54) is 6.07 Å². The van der Waals surface area contributed by atoms with Gasteiger partial charge < -0.3 is 10.3 Å². The van der Waals surface area contributed by atoms with Gasteiger partial charge in [-0.2, -0.15) is 4.98 Å². The van der Waals surface area contributed by atoms with E-state index in [0.717, 1.165) is 0 Å². The molecule has 0 fully saturated rings. The highest BCUT2D eigenvalue weighted by molar-refractivity contribution is 5.58. The summed E-state index contributed by atoms with van der Waals surface area (Å²) in [6.07, 6.45) is 0. The smallest absolute Gasteiger partial charge is 0.272 e. The molecule has 0 aliphatic carbocycles. The van der Waals surface area contributed by atoms with E-state index in [0.29, 0.717) is 22.8 Å². The zero-order chi connectivity index (χ0) is 14.2. The van der Waals surface area contributed by atoms with Gasteiger partial charge in [-0.05, 0) is 32.9 Å². The average molecular weight is 262 g/mol. The number of hydrogen-bond acceptors (Lipinski definition) is 6. The third kappa shape index (κ3) is 2.60. The molecule has 0 unspecified atom stereocenters. The van der Waals surface area contributed by atoms with E-state index >= 15 is 0 Å². The molecule has 0 aliphatic heterocycles. The Morgan fingerprint density at radius 3 is 2.58 bits per heavy atom. The number of nitro groups is 1. The Kier molecular flexibility index (Phi) is 3.07. The van der Waals surface area contributed by atoms with Gasteiger partial charge in [-0.15, -0.1) is 0 Å². The molecule has 1 aromatic heterocycles. The van der Waals surface area contributed by atoms with E-state index in [1.54, 1.807) is 32.9 Å². The summed E-state index contributed by atoms with van der Waals surface area (Å²) in [5.41, 5.74) is 6.40. The molecule has 7 nitrogen and oxygen atoms in total. The predicted octanol–water partition coefficient (Wildman–Crippen LogP) is 2.15. The molecule has 0 saturated heterocycles. The zero-order valence-corrected chi connectivity index (χ0v) is 10.9. The van der Waals surface area contributed by atoms with E-state index in [9.17, 15) is 10.1 Å². The maximum atomic E-state index is 10.7. The number of rotatable bonds is 3. The summed E-state index contributed by atoms with van der Waals surface area (Å²) in [5.74, 6) is 0.685. The van der Waals surface area contributed by atoms with E-state index in [1.807, 2.05) is 0 Å². The van der Waals surface area contributed by atoms with Crippen LogP contribution in [0.25, 0.3) is 11.5 Å². The third-order valence-electron chi connectivity index (χ3n) is 2.64. The second-order valence-electron chi connectivity index (χ2n) is 4.90. The number of nitrogens with zero attached hydrogens (tertiary/aromatic N) is 3. The van der Waals surface area contributed by atoms with Crippen molar-refractivity contribution in [2.75, 3.05) is 0 Å². The molecule has 0 bridgehead atoms. The summed E-state index contributed by atoms with van der Waals surface area (Å²) in [4.78, 5) is 14.5. The molecule has 0 spiro atoms. The number of hydrogen-bond donors (Lipinski definition) is 1. The first-order chi connectivity index (χ1) is 8.79. The Labute approximate surface area is 109 Å². The van der Waals surface area contributed by atoms with Crippen molar-refractivity contribution in [1.29, 1.82) is 0 Å². The topological polar surface area (TPSA) is 108 Å². The van der Waals surface area contributed by atoms with Gasteiger partial charge in [0.25, 0.3) is 11.6 Å². The molecule has 2 N–H and O–H groups in total. The van der Waals surface area contributed by atoms with Crippen LogP contribution in [0, 0.1) is 17.0 Å². The normalized spacial score (nSPS) is 11.6. The van der Waals surface area contributed by atoms with Gasteiger partial charge in [0.2, 0.25) is 0 Å². The van der Waals surface area contributed by atoms with Crippen LogP contribution in [0.15, 0.2) is 22.7 Å². The van der Waals surface area contributed by atoms with E-state index in [-0.39, 0.29) is 5.69 Å². The number of benzene rings is 1. The Balaban J connectivity index is 2.40. The minimum absolute atomic E-state index is 0.0580. The van der Waals surface area contributed by atoms with Gasteiger partial charge in [0, 0.05) is 17.2 Å². The van der Waals surface area contributed by atoms with Crippen LogP contribution in [0.1, 0.15) is 25.2 Å². The standard InChI is InChI=1S/C12H14N4O3/c1-7-6-8(4-5-9(7)16(17)18)10-14-11(15-19-10)12(2,3)13/h4-6H,13H2,1-3H3. The van der Waals surface area contributed by atoms with Crippen LogP contribution in [0.4, 0.5) is 5.69 Å². The van der Waals surface area contributed by atoms with Crippen LogP contribution in [0.5, 0.6) is 0 Å². The summed E-state index contributed by atoms with van der Waals surface area (Å²) in [6.45, 7) is 5.19. The number of aryl methyl sites for hydroxylation is 1. The lowest BCUT2D eigenvalue weighted by molar-refractivity contribution is -0.385. The van der Waals surface area contributed by atoms with Crippen molar-refractivity contribution in [2.24, 2.45) is 5.73 Å². The first kappa shape index (κ1) is 13.2. The summed E-state index contributed by atoms with van der Waals surface area (Å²) >= 11 is 0. The van der Waals surface area contributed by atoms with Crippen molar-refractivity contribution in [2.45, 2.75) is 26.3 Å². The molecule has 19 heavy (non-hydrogen) atoms. The Morgan fingerprint density at radius 1 is 1.42 bits per heavy atom. The minimum Gasteiger partial charge on any atom is -0.334 e. The lowest BCUT2D eigenvalue weighted by atomic mass is 10.1. The fourth-order valence-corrected chi connectivity index (χ4v) is 1.60. The fourth-order valence-electron chi connectivity index (χ4n) is 1.60. The first-order valence-electron chi connectivity index (χ1n) is 5.67. The second kappa shape index (κ2) is 4.43. The average Bonchev–Trinajstić information content (AvgIpc) is 2.76. The van der Waals surface area contributed by atoms with Crippen LogP contribution in [-0.4, -0.2) is 15.1 Å². The van der Waals surface area contributed by atoms with Gasteiger partial charge in [-0.25, -0.2) is 0 Å². The molecule has 0 atom stereocenters. The fraction of sp³-hybridized carbons (Fsp3) is 0.333. The van der Waals surface area contributed by atoms with Gasteiger partial charge in [0.1, 0.15) is 0 Å². The molecule has 0 aliphatic rings. The lowest BCUT2D eigenvalue weighted by Gasteiger charge is -2.11. The molecule has 0 saturated carbocycles. The van der Waals surface area contributed by atoms with Crippen molar-refractivity contribution in [3.8, 4) is 11.5 Å². The maximum Gasteiger partial charge on any atom is 0.272 e. The molecular weight excluding hydrogens is 248 g/mol. The molecule has 2 aromatic rings. The Morgan fingerprint density at radius 2 is 2.11 bits per heavy atom. The van der Waals surface area contributed by atoms with Crippen molar-refractivity contribution in [1.82, 2.24) is 10.1 Å². The highest BCUT2D eigenvalue weighted by Crippen LogP contribution is 2.26. The molecular formula is C12H14N4O3. The van der Waals surface area contributed by atoms with Crippen LogP contribution in [0.2, 0.25) is 0 Å². The summed E-state index contributed by atoms with van der Waals surface area (Å²) < 4.78 is 5.12. The van der Waals surface area contributed by atoms with Crippen LogP contribution < -0.4 is 5.73 Å². The monoisotopic (exact) mass is 262 g/mol. The van der Waals surface area contributed by atoms with Gasteiger partial charge in [0.15, 0.2) is 5.82 Å². The van der Waals surface area contributed by atoms with Gasteiger partial charge in [-0.1, -0.05) is 5.16 Å². The first-order valence-corrected chi connectivity index (χ1v) is 5.67. The maximum absolute atomic E-state index is 10.7. The molecule has 1 heterocycles. The SMILES string of the molecule is Cc1cc(-c2nc(C(C)(C)N)no2)ccc1[N+](=O)[O-]. The summed E-state index contributed by atoms with van der Waals surface area (Å²) in [6, 6.07) is 4.63. The minimum atomic E-state index is -0.697. The summed E-state index contributed by atoms with van der Waals surface area (Å²) in [5, 5.41) is 14.5. The van der Waals surface area contributed by atoms with E-state index in [4.69, 9.17) is 10.3 Å². The van der Waals surface area contributed by atoms with Gasteiger partial charge in [0.05, 0.1) is 10.5 Å². The van der Waals surface area contributed by atoms with Crippen LogP contribution in [0.3, 0.4) is 0 Å². The molecule has 0 amide bonds. The van der Waals surface area contributed by atoms with Crippen molar-refractivity contribution in [3.63, 3.8) is 0 Å². The molecule has 2 rings (SSSR count). The largest absolute Gasteiger partial charge is 0.334 e. The highest BCUT2D eigenvalue weighted by atomic mass is 16.6. The molecule has 1 aromatic carbocycles. The highest BCUT2D eigenvalue weighted by Gasteiger charge is 2.22. The summed E-state index contributed by atoms with van der Waals surface area (Å²) in [7, 11) is 0. The Bertz CT molecular complexity index is 628. The zero-order valence-electron chi connectivity index (χ0n) is 10.9. The molecule has 100 valence electrons. The van der Waals surface area contributed by atoms with Crippen LogP contribution >= 0.6 is 0 Å². The van der Waals surface area contributed by atoms with Gasteiger partial charge >= 0.3 is 0 Å². The van der Waals surface area contributed by atoms with Crippen molar-refractivity contribution >= 4 is 5.69 Å².